The van der Waals surface area contributed by atoms with Crippen LogP contribution in [0.1, 0.15) is 44.4 Å². The second-order valence-electron chi connectivity index (χ2n) is 8.55. The SMILES string of the molecule is c1ccc(-c2cc(-c3nnc(C45CC6CC(CC(C6)C4)C5)o3)no2)cc1. The molecular formula is C21H21N3O2. The molecule has 5 nitrogen and oxygen atoms in total. The smallest absolute Gasteiger partial charge is 0.269 e. The van der Waals surface area contributed by atoms with E-state index in [1.807, 2.05) is 36.4 Å². The molecule has 0 unspecified atom stereocenters. The van der Waals surface area contributed by atoms with Gasteiger partial charge in [-0.25, -0.2) is 0 Å². The van der Waals surface area contributed by atoms with Crippen LogP contribution in [0.4, 0.5) is 0 Å². The Kier molecular flexibility index (Phi) is 2.99. The molecule has 0 atom stereocenters. The molecule has 132 valence electrons. The van der Waals surface area contributed by atoms with Gasteiger partial charge >= 0.3 is 0 Å². The maximum absolute atomic E-state index is 6.16. The molecule has 4 fully saturated rings. The van der Waals surface area contributed by atoms with E-state index in [1.165, 1.54) is 38.5 Å². The summed E-state index contributed by atoms with van der Waals surface area (Å²) in [5.74, 6) is 4.59. The summed E-state index contributed by atoms with van der Waals surface area (Å²) in [4.78, 5) is 0. The van der Waals surface area contributed by atoms with E-state index in [1.54, 1.807) is 0 Å². The lowest BCUT2D eigenvalue weighted by molar-refractivity contribution is -0.0176. The minimum Gasteiger partial charge on any atom is -0.419 e. The molecule has 4 aliphatic rings. The average molecular weight is 347 g/mol. The Labute approximate surface area is 151 Å². The van der Waals surface area contributed by atoms with Crippen molar-refractivity contribution in [3.8, 4) is 22.9 Å². The number of aromatic nitrogens is 3. The van der Waals surface area contributed by atoms with Gasteiger partial charge in [-0.3, -0.25) is 0 Å². The molecule has 0 saturated heterocycles. The predicted octanol–water partition coefficient (Wildman–Crippen LogP) is 4.86. The Morgan fingerprint density at radius 1 is 0.885 bits per heavy atom. The van der Waals surface area contributed by atoms with Crippen LogP contribution in [0, 0.1) is 17.8 Å². The molecule has 1 aromatic carbocycles. The maximum Gasteiger partial charge on any atom is 0.269 e. The van der Waals surface area contributed by atoms with E-state index >= 15 is 0 Å². The summed E-state index contributed by atoms with van der Waals surface area (Å²) in [5.41, 5.74) is 1.73. The zero-order valence-corrected chi connectivity index (χ0v) is 14.6. The lowest BCUT2D eigenvalue weighted by atomic mass is 9.49. The van der Waals surface area contributed by atoms with E-state index in [2.05, 4.69) is 15.4 Å². The molecule has 0 amide bonds. The summed E-state index contributed by atoms with van der Waals surface area (Å²) < 4.78 is 11.6. The highest BCUT2D eigenvalue weighted by molar-refractivity contribution is 5.62. The number of hydrogen-bond donors (Lipinski definition) is 0. The molecule has 5 heteroatoms. The van der Waals surface area contributed by atoms with E-state index in [0.717, 1.165) is 35.0 Å². The fourth-order valence-corrected chi connectivity index (χ4v) is 6.03. The van der Waals surface area contributed by atoms with Gasteiger partial charge in [0.25, 0.3) is 5.89 Å². The van der Waals surface area contributed by atoms with Crippen LogP contribution in [0.5, 0.6) is 0 Å². The first kappa shape index (κ1) is 14.7. The van der Waals surface area contributed by atoms with Crippen molar-refractivity contribution < 1.29 is 8.94 Å². The third-order valence-corrected chi connectivity index (χ3v) is 6.70. The van der Waals surface area contributed by atoms with Gasteiger partial charge in [0.05, 0.1) is 0 Å². The molecule has 2 heterocycles. The van der Waals surface area contributed by atoms with Crippen molar-refractivity contribution in [1.29, 1.82) is 0 Å². The standard InChI is InChI=1S/C21H21N3O2/c1-2-4-16(5-3-1)18-9-17(24-26-18)19-22-23-20(25-19)21-10-13-6-14(11-21)8-15(7-13)12-21/h1-5,9,13-15H,6-8,10-12H2. The Balaban J connectivity index is 1.32. The molecule has 4 aliphatic carbocycles. The summed E-state index contributed by atoms with van der Waals surface area (Å²) in [6, 6.07) is 11.8. The summed E-state index contributed by atoms with van der Waals surface area (Å²) >= 11 is 0. The van der Waals surface area contributed by atoms with Crippen molar-refractivity contribution in [2.45, 2.75) is 43.9 Å². The molecule has 0 aliphatic heterocycles. The van der Waals surface area contributed by atoms with Crippen molar-refractivity contribution >= 4 is 0 Å². The average Bonchev–Trinajstić information content (AvgIpc) is 3.31. The molecule has 0 spiro atoms. The number of benzene rings is 1. The van der Waals surface area contributed by atoms with Crippen LogP contribution < -0.4 is 0 Å². The fourth-order valence-electron chi connectivity index (χ4n) is 6.03. The highest BCUT2D eigenvalue weighted by Gasteiger charge is 2.54. The van der Waals surface area contributed by atoms with Gasteiger partial charge in [0.15, 0.2) is 11.5 Å². The number of nitrogens with zero attached hydrogens (tertiary/aromatic N) is 3. The van der Waals surface area contributed by atoms with Gasteiger partial charge < -0.3 is 8.94 Å². The molecule has 3 aromatic rings. The van der Waals surface area contributed by atoms with Crippen LogP contribution >= 0.6 is 0 Å². The summed E-state index contributed by atoms with van der Waals surface area (Å²) in [7, 11) is 0. The second kappa shape index (κ2) is 5.29. The van der Waals surface area contributed by atoms with Crippen LogP contribution in [0.2, 0.25) is 0 Å². The van der Waals surface area contributed by atoms with Crippen molar-refractivity contribution in [1.82, 2.24) is 15.4 Å². The van der Waals surface area contributed by atoms with Crippen molar-refractivity contribution in [2.75, 3.05) is 0 Å². The van der Waals surface area contributed by atoms with Crippen molar-refractivity contribution in [3.05, 3.63) is 42.3 Å². The fraction of sp³-hybridized carbons (Fsp3) is 0.476. The Hall–Kier alpha value is -2.43. The van der Waals surface area contributed by atoms with Gasteiger partial charge in [0, 0.05) is 17.0 Å². The normalized spacial score (nSPS) is 32.2. The first-order valence-corrected chi connectivity index (χ1v) is 9.64. The zero-order chi connectivity index (χ0) is 17.1. The first-order valence-electron chi connectivity index (χ1n) is 9.64. The largest absolute Gasteiger partial charge is 0.419 e. The summed E-state index contributed by atoms with van der Waals surface area (Å²) in [5, 5.41) is 12.9. The topological polar surface area (TPSA) is 65.0 Å². The molecular weight excluding hydrogens is 326 g/mol. The second-order valence-corrected chi connectivity index (χ2v) is 8.55. The van der Waals surface area contributed by atoms with E-state index in [0.29, 0.717) is 11.6 Å². The maximum atomic E-state index is 6.16. The lowest BCUT2D eigenvalue weighted by Crippen LogP contribution is -2.48. The van der Waals surface area contributed by atoms with Gasteiger partial charge in [-0.05, 0) is 56.3 Å². The predicted molar refractivity (Wildman–Crippen MR) is 95.1 cm³/mol. The van der Waals surface area contributed by atoms with Gasteiger partial charge in [-0.1, -0.05) is 35.5 Å². The number of hydrogen-bond acceptors (Lipinski definition) is 5. The molecule has 7 rings (SSSR count). The van der Waals surface area contributed by atoms with Crippen LogP contribution in [-0.4, -0.2) is 15.4 Å². The van der Waals surface area contributed by atoms with E-state index < -0.39 is 0 Å². The van der Waals surface area contributed by atoms with Gasteiger partial charge in [-0.2, -0.15) is 0 Å². The molecule has 0 radical (unpaired) electrons. The van der Waals surface area contributed by atoms with Crippen LogP contribution in [-0.2, 0) is 5.41 Å². The van der Waals surface area contributed by atoms with Gasteiger partial charge in [0.1, 0.15) is 0 Å². The van der Waals surface area contributed by atoms with E-state index in [9.17, 15) is 0 Å². The monoisotopic (exact) mass is 347 g/mol. The molecule has 0 N–H and O–H groups in total. The van der Waals surface area contributed by atoms with Crippen LogP contribution in [0.3, 0.4) is 0 Å². The third-order valence-electron chi connectivity index (χ3n) is 6.70. The first-order chi connectivity index (χ1) is 12.8. The molecule has 26 heavy (non-hydrogen) atoms. The number of rotatable bonds is 3. The zero-order valence-electron chi connectivity index (χ0n) is 14.6. The Bertz CT molecular complexity index is 908. The van der Waals surface area contributed by atoms with Crippen LogP contribution in [0.15, 0.2) is 45.3 Å². The highest BCUT2D eigenvalue weighted by Crippen LogP contribution is 2.60. The van der Waals surface area contributed by atoms with E-state index in [-0.39, 0.29) is 5.41 Å². The summed E-state index contributed by atoms with van der Waals surface area (Å²) in [6.07, 6.45) is 7.87. The molecule has 2 aromatic heterocycles. The minimum absolute atomic E-state index is 0.117. The van der Waals surface area contributed by atoms with Crippen molar-refractivity contribution in [2.24, 2.45) is 17.8 Å². The van der Waals surface area contributed by atoms with Gasteiger partial charge in [-0.15, -0.1) is 10.2 Å². The Morgan fingerprint density at radius 2 is 1.58 bits per heavy atom. The quantitative estimate of drug-likeness (QED) is 0.677. The lowest BCUT2D eigenvalue weighted by Gasteiger charge is -2.55. The Morgan fingerprint density at radius 3 is 2.27 bits per heavy atom. The van der Waals surface area contributed by atoms with Crippen molar-refractivity contribution in [3.63, 3.8) is 0 Å². The summed E-state index contributed by atoms with van der Waals surface area (Å²) in [6.45, 7) is 0. The van der Waals surface area contributed by atoms with E-state index in [4.69, 9.17) is 8.94 Å². The molecule has 4 bridgehead atoms. The highest BCUT2D eigenvalue weighted by atomic mass is 16.5. The van der Waals surface area contributed by atoms with Gasteiger partial charge in [0.2, 0.25) is 5.89 Å². The molecule has 4 saturated carbocycles. The third kappa shape index (κ3) is 2.19. The minimum atomic E-state index is 0.117. The van der Waals surface area contributed by atoms with Crippen LogP contribution in [0.25, 0.3) is 22.9 Å².